The molecule has 0 atom stereocenters. The molecule has 114 valence electrons. The highest BCUT2D eigenvalue weighted by Crippen LogP contribution is 2.19. The van der Waals surface area contributed by atoms with Gasteiger partial charge in [0.15, 0.2) is 0 Å². The smallest absolute Gasteiger partial charge is 0.236 e. The van der Waals surface area contributed by atoms with Crippen LogP contribution in [0, 0.1) is 0 Å². The molecule has 1 saturated heterocycles. The van der Waals surface area contributed by atoms with E-state index in [4.69, 9.17) is 0 Å². The van der Waals surface area contributed by atoms with E-state index in [1.54, 1.807) is 7.05 Å². The Labute approximate surface area is 130 Å². The van der Waals surface area contributed by atoms with Gasteiger partial charge in [-0.25, -0.2) is 4.98 Å². The highest BCUT2D eigenvalue weighted by molar-refractivity contribution is 7.09. The Morgan fingerprint density at radius 1 is 1.35 bits per heavy atom. The molecule has 6 nitrogen and oxygen atoms in total. The molecule has 2 heterocycles. The van der Waals surface area contributed by atoms with Crippen molar-refractivity contribution in [1.29, 1.82) is 0 Å². The monoisotopic (exact) mass is 319 g/mol. The second kappa shape index (κ2) is 8.39. The van der Waals surface area contributed by atoms with Crippen molar-refractivity contribution in [3.63, 3.8) is 0 Å². The molecule has 0 radical (unpaired) electrons. The van der Waals surface area contributed by atoms with Gasteiger partial charge < -0.3 is 15.1 Å². The fourth-order valence-corrected chi connectivity index (χ4v) is 2.94. The van der Waals surface area contributed by atoms with E-state index < -0.39 is 0 Å². The van der Waals surface area contributed by atoms with Crippen LogP contribution in [0.2, 0.25) is 0 Å². The van der Waals surface area contributed by atoms with Crippen molar-refractivity contribution in [1.82, 2.24) is 19.6 Å². The summed E-state index contributed by atoms with van der Waals surface area (Å²) in [5.41, 5.74) is 0. The third kappa shape index (κ3) is 4.29. The van der Waals surface area contributed by atoms with Gasteiger partial charge in [-0.3, -0.25) is 4.79 Å². The fraction of sp³-hybridized carbons (Fsp3) is 0.750. The van der Waals surface area contributed by atoms with Gasteiger partial charge in [0, 0.05) is 44.1 Å². The standard InChI is InChI=1S/C12H21N5OS.ClH/c1-3-10-14-12(19-15-10)17-6-4-5-16(7-8-17)11(18)9-13-2;/h13H,3-9H2,1-2H3;1H. The second-order valence-electron chi connectivity index (χ2n) is 4.60. The van der Waals surface area contributed by atoms with Crippen LogP contribution in [0.4, 0.5) is 5.13 Å². The number of nitrogens with zero attached hydrogens (tertiary/aromatic N) is 4. The molecule has 0 aromatic carbocycles. The Bertz CT molecular complexity index is 428. The van der Waals surface area contributed by atoms with Gasteiger partial charge in [-0.2, -0.15) is 4.37 Å². The Morgan fingerprint density at radius 3 is 2.80 bits per heavy atom. The van der Waals surface area contributed by atoms with Gasteiger partial charge in [0.05, 0.1) is 6.54 Å². The maximum Gasteiger partial charge on any atom is 0.236 e. The number of carbonyl (C=O) groups excluding carboxylic acids is 1. The average Bonchev–Trinajstić information content (AvgIpc) is 2.76. The molecule has 0 unspecified atom stereocenters. The van der Waals surface area contributed by atoms with Gasteiger partial charge in [0.1, 0.15) is 5.82 Å². The molecule has 1 N–H and O–H groups in total. The number of aryl methyl sites for hydroxylation is 1. The summed E-state index contributed by atoms with van der Waals surface area (Å²) < 4.78 is 4.32. The summed E-state index contributed by atoms with van der Waals surface area (Å²) in [5, 5.41) is 3.90. The number of nitrogens with one attached hydrogen (secondary N) is 1. The lowest BCUT2D eigenvalue weighted by atomic mass is 10.4. The minimum Gasteiger partial charge on any atom is -0.345 e. The molecule has 8 heteroatoms. The van der Waals surface area contributed by atoms with E-state index in [9.17, 15) is 4.79 Å². The van der Waals surface area contributed by atoms with Crippen LogP contribution in [0.25, 0.3) is 0 Å². The first-order valence-electron chi connectivity index (χ1n) is 6.74. The van der Waals surface area contributed by atoms with Gasteiger partial charge in [0.2, 0.25) is 11.0 Å². The quantitative estimate of drug-likeness (QED) is 0.888. The first-order valence-corrected chi connectivity index (χ1v) is 7.51. The van der Waals surface area contributed by atoms with E-state index in [1.807, 2.05) is 4.90 Å². The highest BCUT2D eigenvalue weighted by Gasteiger charge is 2.20. The number of halogens is 1. The average molecular weight is 320 g/mol. The van der Waals surface area contributed by atoms with Crippen LogP contribution in [0.1, 0.15) is 19.2 Å². The van der Waals surface area contributed by atoms with E-state index in [0.29, 0.717) is 6.54 Å². The number of hydrogen-bond donors (Lipinski definition) is 1. The zero-order valence-corrected chi connectivity index (χ0v) is 13.6. The lowest BCUT2D eigenvalue weighted by molar-refractivity contribution is -0.129. The first-order chi connectivity index (χ1) is 9.24. The third-order valence-corrected chi connectivity index (χ3v) is 4.04. The molecule has 0 bridgehead atoms. The molecule has 1 aromatic heterocycles. The van der Waals surface area contributed by atoms with Gasteiger partial charge >= 0.3 is 0 Å². The number of amides is 1. The molecular formula is C12H22ClN5OS. The number of anilines is 1. The molecule has 0 spiro atoms. The normalized spacial score (nSPS) is 15.7. The molecule has 1 aromatic rings. The van der Waals surface area contributed by atoms with Crippen LogP contribution < -0.4 is 10.2 Å². The van der Waals surface area contributed by atoms with Gasteiger partial charge in [-0.05, 0) is 13.5 Å². The summed E-state index contributed by atoms with van der Waals surface area (Å²) in [5.74, 6) is 1.09. The van der Waals surface area contributed by atoms with Crippen LogP contribution >= 0.6 is 23.9 Å². The topological polar surface area (TPSA) is 61.4 Å². The number of likely N-dealkylation sites (N-methyl/N-ethyl adjacent to an activating group) is 1. The summed E-state index contributed by atoms with van der Waals surface area (Å²) in [7, 11) is 1.80. The Balaban J connectivity index is 0.00000200. The van der Waals surface area contributed by atoms with Crippen LogP contribution in [0.5, 0.6) is 0 Å². The van der Waals surface area contributed by atoms with Gasteiger partial charge in [-0.15, -0.1) is 12.4 Å². The SMILES string of the molecule is CCc1nsc(N2CCCN(C(=O)CNC)CC2)n1.Cl. The van der Waals surface area contributed by atoms with E-state index in [0.717, 1.165) is 50.0 Å². The van der Waals surface area contributed by atoms with Crippen molar-refractivity contribution in [2.45, 2.75) is 19.8 Å². The molecule has 1 aliphatic heterocycles. The zero-order valence-electron chi connectivity index (χ0n) is 12.0. The molecule has 1 amide bonds. The van der Waals surface area contributed by atoms with Crippen molar-refractivity contribution >= 4 is 35.0 Å². The first kappa shape index (κ1) is 17.1. The summed E-state index contributed by atoms with van der Waals surface area (Å²) in [6.45, 7) is 5.86. The number of aromatic nitrogens is 2. The van der Waals surface area contributed by atoms with Crippen molar-refractivity contribution in [3.05, 3.63) is 5.82 Å². The maximum absolute atomic E-state index is 11.9. The van der Waals surface area contributed by atoms with Crippen LogP contribution in [0.15, 0.2) is 0 Å². The van der Waals surface area contributed by atoms with Crippen molar-refractivity contribution < 1.29 is 4.79 Å². The molecular weight excluding hydrogens is 298 g/mol. The molecule has 0 saturated carbocycles. The summed E-state index contributed by atoms with van der Waals surface area (Å²) in [6, 6.07) is 0. The van der Waals surface area contributed by atoms with E-state index in [2.05, 4.69) is 26.5 Å². The fourth-order valence-electron chi connectivity index (χ4n) is 2.14. The number of hydrogen-bond acceptors (Lipinski definition) is 6. The molecule has 2 rings (SSSR count). The molecule has 20 heavy (non-hydrogen) atoms. The molecule has 1 fully saturated rings. The van der Waals surface area contributed by atoms with E-state index >= 15 is 0 Å². The van der Waals surface area contributed by atoms with Crippen LogP contribution in [-0.2, 0) is 11.2 Å². The van der Waals surface area contributed by atoms with Crippen LogP contribution in [0.3, 0.4) is 0 Å². The van der Waals surface area contributed by atoms with Crippen molar-refractivity contribution in [2.24, 2.45) is 0 Å². The van der Waals surface area contributed by atoms with Crippen LogP contribution in [-0.4, -0.2) is 59.9 Å². The number of rotatable bonds is 4. The number of carbonyl (C=O) groups is 1. The lowest BCUT2D eigenvalue weighted by Gasteiger charge is -2.21. The van der Waals surface area contributed by atoms with E-state index in [-0.39, 0.29) is 18.3 Å². The minimum atomic E-state index is 0. The largest absolute Gasteiger partial charge is 0.345 e. The Morgan fingerprint density at radius 2 is 2.15 bits per heavy atom. The summed E-state index contributed by atoms with van der Waals surface area (Å²) in [4.78, 5) is 20.6. The maximum atomic E-state index is 11.9. The van der Waals surface area contributed by atoms with Gasteiger partial charge in [-0.1, -0.05) is 6.92 Å². The molecule has 0 aliphatic carbocycles. The second-order valence-corrected chi connectivity index (χ2v) is 5.33. The van der Waals surface area contributed by atoms with Gasteiger partial charge in [0.25, 0.3) is 0 Å². The summed E-state index contributed by atoms with van der Waals surface area (Å²) >= 11 is 1.46. The minimum absolute atomic E-state index is 0. The Kier molecular flexibility index (Phi) is 7.18. The highest BCUT2D eigenvalue weighted by atomic mass is 35.5. The predicted molar refractivity (Wildman–Crippen MR) is 83.9 cm³/mol. The lowest BCUT2D eigenvalue weighted by Crippen LogP contribution is -2.39. The third-order valence-electron chi connectivity index (χ3n) is 3.22. The van der Waals surface area contributed by atoms with Crippen molar-refractivity contribution in [2.75, 3.05) is 44.7 Å². The Hall–Kier alpha value is -0.920. The predicted octanol–water partition coefficient (Wildman–Crippen LogP) is 0.780. The van der Waals surface area contributed by atoms with Crippen molar-refractivity contribution in [3.8, 4) is 0 Å². The zero-order chi connectivity index (χ0) is 13.7. The summed E-state index contributed by atoms with van der Waals surface area (Å²) in [6.07, 6.45) is 1.85. The molecule has 1 aliphatic rings. The van der Waals surface area contributed by atoms with E-state index in [1.165, 1.54) is 11.5 Å².